The minimum Gasteiger partial charge on any atom is -0.309 e. The Kier molecular flexibility index (Phi) is 15.8. The third kappa shape index (κ3) is 10.6. The molecule has 0 aliphatic rings. The average molecular weight is 1320 g/mol. The van der Waals surface area contributed by atoms with Gasteiger partial charge in [0.05, 0.1) is 179 Å². The Labute approximate surface area is 593 Å². The number of rotatable bonds is 10. The van der Waals surface area contributed by atoms with Crippen LogP contribution in [0.3, 0.4) is 0 Å². The third-order valence-electron chi connectivity index (χ3n) is 18.5. The molecular weight excluding hydrogens is 1280 g/mol. The van der Waals surface area contributed by atoms with Gasteiger partial charge in [0, 0.05) is 71.7 Å². The summed E-state index contributed by atoms with van der Waals surface area (Å²) in [4.78, 5) is 10.6. The maximum atomic E-state index is 10.6. The van der Waals surface area contributed by atoms with Crippen molar-refractivity contribution in [3.63, 3.8) is 0 Å². The van der Waals surface area contributed by atoms with Crippen LogP contribution in [-0.2, 0) is 0 Å². The molecule has 0 saturated heterocycles. The molecule has 0 unspecified atom stereocenters. The van der Waals surface area contributed by atoms with Gasteiger partial charge in [-0.15, -0.1) is 0 Å². The minimum atomic E-state index is 0.107. The first-order valence-corrected chi connectivity index (χ1v) is 31.9. The van der Waals surface area contributed by atoms with Gasteiger partial charge in [0.1, 0.15) is 0 Å². The van der Waals surface area contributed by atoms with Crippen LogP contribution in [0.1, 0.15) is 66.8 Å². The number of hydrogen-bond acceptors (Lipinski definition) is 14. The Morgan fingerprint density at radius 2 is 0.538 bits per heavy atom. The molecule has 16 nitrogen and oxygen atoms in total. The standard InChI is InChI=1S/C88H38N16/c89-39-51-24-63(43-93)84(64(25-51)44-94)58-14-19-80-73(33-58)74-34-59(85-65(45-95)26-52(40-90)27-66(85)46-96)15-20-81(74)103(80)71-13-7-12-57(32-71)72-37-62(88-101-77(55-8-3-1-4-9-55)38-78(102-88)56-10-5-2-6-11-56)18-23-79(72)104-82-21-16-60(86-67(47-97)28-53(41-91)29-68(86)48-98)35-75(82)76-36-61(17-22-83(76)104)87-69(49-99)30-54(42-92)31-70(87)50-100/h1-38H. The molecule has 15 rings (SSSR count). The Balaban J connectivity index is 1.02. The summed E-state index contributed by atoms with van der Waals surface area (Å²) in [5, 5.41) is 127. The van der Waals surface area contributed by atoms with Gasteiger partial charge in [0.2, 0.25) is 0 Å². The molecule has 15 aromatic rings. The van der Waals surface area contributed by atoms with Crippen LogP contribution in [0.4, 0.5) is 0 Å². The Morgan fingerprint density at radius 1 is 0.231 bits per heavy atom. The molecule has 0 bridgehead atoms. The number of hydrogen-bond donors (Lipinski definition) is 0. The summed E-state index contributed by atoms with van der Waals surface area (Å²) in [6.45, 7) is 0. The molecule has 0 N–H and O–H groups in total. The summed E-state index contributed by atoms with van der Waals surface area (Å²) in [6, 6.07) is 95.3. The van der Waals surface area contributed by atoms with Crippen molar-refractivity contribution in [2.75, 3.05) is 0 Å². The van der Waals surface area contributed by atoms with Gasteiger partial charge in [-0.2, -0.15) is 63.1 Å². The van der Waals surface area contributed by atoms with Crippen molar-refractivity contribution in [2.24, 2.45) is 0 Å². The zero-order valence-electron chi connectivity index (χ0n) is 54.1. The van der Waals surface area contributed by atoms with Gasteiger partial charge >= 0.3 is 0 Å². The average Bonchev–Trinajstić information content (AvgIpc) is 1.57. The Bertz CT molecular complexity index is 6390. The second-order valence-corrected chi connectivity index (χ2v) is 24.2. The van der Waals surface area contributed by atoms with E-state index in [0.717, 1.165) is 11.1 Å². The van der Waals surface area contributed by atoms with Gasteiger partial charge in [-0.25, -0.2) is 9.97 Å². The third-order valence-corrected chi connectivity index (χ3v) is 18.5. The summed E-state index contributed by atoms with van der Waals surface area (Å²) in [6.07, 6.45) is 0. The van der Waals surface area contributed by atoms with Gasteiger partial charge in [0.15, 0.2) is 5.82 Å². The highest BCUT2D eigenvalue weighted by molar-refractivity contribution is 6.14. The molecule has 0 saturated carbocycles. The maximum Gasteiger partial charge on any atom is 0.160 e. The zero-order chi connectivity index (χ0) is 71.9. The second kappa shape index (κ2) is 26.0. The molecule has 0 aliphatic heterocycles. The molecule has 3 heterocycles. The lowest BCUT2D eigenvalue weighted by molar-refractivity contribution is 1.16. The summed E-state index contributed by atoms with van der Waals surface area (Å²) in [7, 11) is 0. The molecule has 0 radical (unpaired) electrons. The molecule has 0 amide bonds. The van der Waals surface area contributed by atoms with E-state index in [9.17, 15) is 63.1 Å². The first-order chi connectivity index (χ1) is 51.0. The van der Waals surface area contributed by atoms with Crippen LogP contribution in [0, 0.1) is 136 Å². The summed E-state index contributed by atoms with van der Waals surface area (Å²) in [5.74, 6) is 0.412. The van der Waals surface area contributed by atoms with Gasteiger partial charge in [0.25, 0.3) is 0 Å². The number of benzene rings is 12. The predicted molar refractivity (Wildman–Crippen MR) is 391 cm³/mol. The number of nitriles is 12. The van der Waals surface area contributed by atoms with Crippen LogP contribution in [0.25, 0.3) is 145 Å². The van der Waals surface area contributed by atoms with E-state index in [1.54, 1.807) is 0 Å². The normalized spacial score (nSPS) is 10.6. The molecule has 16 heteroatoms. The van der Waals surface area contributed by atoms with Crippen molar-refractivity contribution >= 4 is 43.6 Å². The summed E-state index contributed by atoms with van der Waals surface area (Å²) in [5.41, 5.74) is 13.8. The van der Waals surface area contributed by atoms with Crippen molar-refractivity contribution in [2.45, 2.75) is 0 Å². The molecule has 0 fully saturated rings. The first kappa shape index (κ1) is 63.3. The smallest absolute Gasteiger partial charge is 0.160 e. The van der Waals surface area contributed by atoms with E-state index < -0.39 is 0 Å². The lowest BCUT2D eigenvalue weighted by atomic mass is 9.91. The molecule has 0 atom stereocenters. The van der Waals surface area contributed by atoms with E-state index in [0.29, 0.717) is 133 Å². The quantitative estimate of drug-likeness (QED) is 0.123. The van der Waals surface area contributed by atoms with Crippen molar-refractivity contribution < 1.29 is 0 Å². The van der Waals surface area contributed by atoms with E-state index in [-0.39, 0.29) is 66.8 Å². The highest BCUT2D eigenvalue weighted by atomic mass is 15.0. The topological polar surface area (TPSA) is 321 Å². The fraction of sp³-hybridized carbons (Fsp3) is 0. The first-order valence-electron chi connectivity index (χ1n) is 31.9. The number of aromatic nitrogens is 4. The van der Waals surface area contributed by atoms with Crippen LogP contribution in [0.5, 0.6) is 0 Å². The summed E-state index contributed by atoms with van der Waals surface area (Å²) >= 11 is 0. The van der Waals surface area contributed by atoms with Crippen LogP contribution in [0.2, 0.25) is 0 Å². The maximum absolute atomic E-state index is 10.6. The van der Waals surface area contributed by atoms with Gasteiger partial charge in [-0.1, -0.05) is 97.1 Å². The molecule has 470 valence electrons. The molecule has 104 heavy (non-hydrogen) atoms. The van der Waals surface area contributed by atoms with Crippen molar-refractivity contribution in [3.05, 3.63) is 297 Å². The largest absolute Gasteiger partial charge is 0.309 e. The number of nitrogens with zero attached hydrogens (tertiary/aromatic N) is 16. The second-order valence-electron chi connectivity index (χ2n) is 24.2. The van der Waals surface area contributed by atoms with E-state index in [1.807, 2.05) is 182 Å². The highest BCUT2D eigenvalue weighted by Crippen LogP contribution is 2.46. The van der Waals surface area contributed by atoms with Gasteiger partial charge in [-0.05, 0) is 161 Å². The molecule has 12 aromatic carbocycles. The van der Waals surface area contributed by atoms with Gasteiger partial charge in [-0.3, -0.25) is 0 Å². The van der Waals surface area contributed by atoms with E-state index >= 15 is 0 Å². The van der Waals surface area contributed by atoms with Crippen LogP contribution in [-0.4, -0.2) is 19.1 Å². The number of fused-ring (bicyclic) bond motifs is 6. The fourth-order valence-electron chi connectivity index (χ4n) is 14.0. The molecule has 0 spiro atoms. The molecule has 3 aromatic heterocycles. The van der Waals surface area contributed by atoms with Crippen molar-refractivity contribution in [3.8, 4) is 174 Å². The summed E-state index contributed by atoms with van der Waals surface area (Å²) < 4.78 is 4.16. The monoisotopic (exact) mass is 1320 g/mol. The van der Waals surface area contributed by atoms with E-state index in [1.165, 1.54) is 48.5 Å². The SMILES string of the molecule is N#Cc1cc(C#N)c(-c2ccc3c(c2)c2cc(-c4c(C#N)cc(C#N)cc4C#N)ccc2n3-c2cccc(-c3cc(-c4nc(-c5ccccc5)cc(-c5ccccc5)n4)ccc3-n3c4ccc(-c5c(C#N)cc(C#N)cc5C#N)cc4c4cc(-c5c(C#N)cc(C#N)cc5C#N)ccc43)c2)c(C#N)c1. The Morgan fingerprint density at radius 3 is 0.856 bits per heavy atom. The zero-order valence-corrected chi connectivity index (χ0v) is 54.1. The van der Waals surface area contributed by atoms with Crippen molar-refractivity contribution in [1.29, 1.82) is 63.1 Å². The predicted octanol–water partition coefficient (Wildman–Crippen LogP) is 18.5. The minimum absolute atomic E-state index is 0.107. The Hall–Kier alpha value is -16.8. The van der Waals surface area contributed by atoms with Crippen LogP contribution in [0.15, 0.2) is 231 Å². The highest BCUT2D eigenvalue weighted by Gasteiger charge is 2.26. The molecule has 0 aliphatic carbocycles. The lowest BCUT2D eigenvalue weighted by Gasteiger charge is -2.18. The van der Waals surface area contributed by atoms with Crippen molar-refractivity contribution in [1.82, 2.24) is 19.1 Å². The lowest BCUT2D eigenvalue weighted by Crippen LogP contribution is -2.01. The van der Waals surface area contributed by atoms with E-state index in [2.05, 4.69) is 82.0 Å². The van der Waals surface area contributed by atoms with Crippen LogP contribution < -0.4 is 0 Å². The molecular formula is C88H38N16. The fourth-order valence-corrected chi connectivity index (χ4v) is 14.0. The van der Waals surface area contributed by atoms with E-state index in [4.69, 9.17) is 9.97 Å². The van der Waals surface area contributed by atoms with Crippen LogP contribution >= 0.6 is 0 Å². The van der Waals surface area contributed by atoms with Gasteiger partial charge < -0.3 is 9.13 Å².